The molecule has 0 N–H and O–H groups in total. The summed E-state index contributed by atoms with van der Waals surface area (Å²) in [6.45, 7) is 6.05. The lowest BCUT2D eigenvalue weighted by Crippen LogP contribution is -2.51. The standard InChI is InChI=1S/C16H27N5O2S2/c1-3-4-5-6-11-24-15-18-17-14(25-15)21-13(12-19(2)16(21)22)20-7-9-23-10-8-20/h13H,3-12H2,1-2H3. The van der Waals surface area contributed by atoms with Crippen LogP contribution in [0.2, 0.25) is 0 Å². The zero-order valence-electron chi connectivity index (χ0n) is 15.0. The fraction of sp³-hybridized carbons (Fsp3) is 0.812. The van der Waals surface area contributed by atoms with Gasteiger partial charge in [-0.05, 0) is 6.42 Å². The molecule has 140 valence electrons. The highest BCUT2D eigenvalue weighted by Crippen LogP contribution is 2.33. The Bertz CT molecular complexity index is 564. The predicted octanol–water partition coefficient (Wildman–Crippen LogP) is 2.74. The average Bonchev–Trinajstić information content (AvgIpc) is 3.20. The number of hydrogen-bond donors (Lipinski definition) is 0. The van der Waals surface area contributed by atoms with Crippen molar-refractivity contribution in [1.82, 2.24) is 20.0 Å². The molecular formula is C16H27N5O2S2. The third kappa shape index (κ3) is 4.64. The van der Waals surface area contributed by atoms with Crippen molar-refractivity contribution < 1.29 is 9.53 Å². The molecule has 1 aromatic heterocycles. The van der Waals surface area contributed by atoms with Gasteiger partial charge >= 0.3 is 6.03 Å². The second kappa shape index (κ2) is 9.16. The van der Waals surface area contributed by atoms with Crippen LogP contribution < -0.4 is 4.90 Å². The smallest absolute Gasteiger partial charge is 0.327 e. The fourth-order valence-electron chi connectivity index (χ4n) is 3.13. The molecule has 0 radical (unpaired) electrons. The summed E-state index contributed by atoms with van der Waals surface area (Å²) in [4.78, 5) is 18.5. The Labute approximate surface area is 157 Å². The zero-order valence-corrected chi connectivity index (χ0v) is 16.7. The summed E-state index contributed by atoms with van der Waals surface area (Å²) in [6.07, 6.45) is 5.04. The third-order valence-corrected chi connectivity index (χ3v) is 6.70. The number of likely N-dealkylation sites (N-methyl/N-ethyl adjacent to an activating group) is 1. The number of carbonyl (C=O) groups is 1. The largest absolute Gasteiger partial charge is 0.379 e. The van der Waals surface area contributed by atoms with Crippen molar-refractivity contribution in [3.8, 4) is 0 Å². The highest BCUT2D eigenvalue weighted by molar-refractivity contribution is 8.01. The number of urea groups is 1. The molecule has 2 aliphatic rings. The first-order chi connectivity index (χ1) is 12.2. The van der Waals surface area contributed by atoms with Gasteiger partial charge in [0.25, 0.3) is 0 Å². The van der Waals surface area contributed by atoms with Gasteiger partial charge in [-0.25, -0.2) is 9.69 Å². The number of hydrogen-bond acceptors (Lipinski definition) is 7. The van der Waals surface area contributed by atoms with Gasteiger partial charge in [0.2, 0.25) is 5.13 Å². The zero-order chi connectivity index (χ0) is 17.6. The Balaban J connectivity index is 1.63. The minimum atomic E-state index is 0.00661. The SMILES string of the molecule is CCCCCCSc1nnc(N2C(=O)N(C)CC2N2CCOCC2)s1. The number of nitrogens with zero attached hydrogens (tertiary/aromatic N) is 5. The van der Waals surface area contributed by atoms with Gasteiger partial charge in [-0.15, -0.1) is 10.2 Å². The molecule has 0 aromatic carbocycles. The Morgan fingerprint density at radius 1 is 1.24 bits per heavy atom. The number of amides is 2. The molecule has 0 spiro atoms. The lowest BCUT2D eigenvalue weighted by molar-refractivity contribution is 0.0194. The average molecular weight is 386 g/mol. The number of ether oxygens (including phenoxy) is 1. The fourth-order valence-corrected chi connectivity index (χ4v) is 5.07. The molecule has 2 saturated heterocycles. The number of thioether (sulfide) groups is 1. The number of aromatic nitrogens is 2. The molecular weight excluding hydrogens is 358 g/mol. The van der Waals surface area contributed by atoms with Gasteiger partial charge in [0.05, 0.1) is 19.8 Å². The van der Waals surface area contributed by atoms with E-state index in [2.05, 4.69) is 22.0 Å². The summed E-state index contributed by atoms with van der Waals surface area (Å²) in [5.74, 6) is 1.06. The molecule has 1 atom stereocenters. The Hall–Kier alpha value is -0.900. The molecule has 7 nitrogen and oxygen atoms in total. The van der Waals surface area contributed by atoms with E-state index in [1.165, 1.54) is 37.0 Å². The molecule has 2 amide bonds. The summed E-state index contributed by atoms with van der Waals surface area (Å²) in [5, 5.41) is 9.31. The third-order valence-electron chi connectivity index (χ3n) is 4.56. The normalized spacial score (nSPS) is 22.2. The van der Waals surface area contributed by atoms with Crippen LogP contribution in [-0.2, 0) is 4.74 Å². The molecule has 0 aliphatic carbocycles. The van der Waals surface area contributed by atoms with E-state index in [1.807, 2.05) is 11.9 Å². The van der Waals surface area contributed by atoms with Crippen LogP contribution in [0.25, 0.3) is 0 Å². The maximum atomic E-state index is 12.6. The molecule has 0 bridgehead atoms. The van der Waals surface area contributed by atoms with Crippen LogP contribution in [0.4, 0.5) is 9.93 Å². The molecule has 3 rings (SSSR count). The van der Waals surface area contributed by atoms with Crippen molar-refractivity contribution >= 4 is 34.3 Å². The van der Waals surface area contributed by atoms with E-state index >= 15 is 0 Å². The van der Waals surface area contributed by atoms with Crippen LogP contribution in [0.15, 0.2) is 4.34 Å². The van der Waals surface area contributed by atoms with Gasteiger partial charge in [-0.2, -0.15) is 0 Å². The van der Waals surface area contributed by atoms with E-state index in [4.69, 9.17) is 4.74 Å². The van der Waals surface area contributed by atoms with Crippen molar-refractivity contribution in [2.24, 2.45) is 0 Å². The van der Waals surface area contributed by atoms with Gasteiger partial charge < -0.3 is 9.64 Å². The molecule has 0 saturated carbocycles. The first-order valence-corrected chi connectivity index (χ1v) is 10.8. The second-order valence-electron chi connectivity index (χ2n) is 6.42. The molecule has 1 unspecified atom stereocenters. The lowest BCUT2D eigenvalue weighted by Gasteiger charge is -2.34. The van der Waals surface area contributed by atoms with E-state index in [-0.39, 0.29) is 12.2 Å². The summed E-state index contributed by atoms with van der Waals surface area (Å²) < 4.78 is 6.40. The first kappa shape index (κ1) is 18.9. The lowest BCUT2D eigenvalue weighted by atomic mass is 10.2. The molecule has 2 fully saturated rings. The van der Waals surface area contributed by atoms with Crippen LogP contribution in [0, 0.1) is 0 Å². The Morgan fingerprint density at radius 3 is 2.80 bits per heavy atom. The number of carbonyl (C=O) groups excluding carboxylic acids is 1. The van der Waals surface area contributed by atoms with Crippen LogP contribution >= 0.6 is 23.1 Å². The van der Waals surface area contributed by atoms with E-state index in [9.17, 15) is 4.79 Å². The highest BCUT2D eigenvalue weighted by Gasteiger charge is 2.41. The van der Waals surface area contributed by atoms with E-state index in [1.54, 1.807) is 16.7 Å². The summed E-state index contributed by atoms with van der Waals surface area (Å²) in [6, 6.07) is 0.00661. The van der Waals surface area contributed by atoms with Gasteiger partial charge in [-0.1, -0.05) is 49.3 Å². The predicted molar refractivity (Wildman–Crippen MR) is 101 cm³/mol. The van der Waals surface area contributed by atoms with Crippen molar-refractivity contribution in [2.75, 3.05) is 50.5 Å². The van der Waals surface area contributed by atoms with Gasteiger partial charge in [0, 0.05) is 25.9 Å². The quantitative estimate of drug-likeness (QED) is 0.390. The Kier molecular flexibility index (Phi) is 6.92. The molecule has 25 heavy (non-hydrogen) atoms. The first-order valence-electron chi connectivity index (χ1n) is 9.03. The summed E-state index contributed by atoms with van der Waals surface area (Å²) in [5.41, 5.74) is 0. The van der Waals surface area contributed by atoms with Crippen LogP contribution in [-0.4, -0.2) is 77.8 Å². The van der Waals surface area contributed by atoms with Crippen LogP contribution in [0.3, 0.4) is 0 Å². The summed E-state index contributed by atoms with van der Waals surface area (Å²) >= 11 is 3.28. The molecule has 9 heteroatoms. The summed E-state index contributed by atoms with van der Waals surface area (Å²) in [7, 11) is 1.85. The van der Waals surface area contributed by atoms with Crippen molar-refractivity contribution in [3.63, 3.8) is 0 Å². The number of anilines is 1. The van der Waals surface area contributed by atoms with E-state index in [0.717, 1.165) is 36.4 Å². The topological polar surface area (TPSA) is 61.8 Å². The highest BCUT2D eigenvalue weighted by atomic mass is 32.2. The van der Waals surface area contributed by atoms with Gasteiger partial charge in [0.1, 0.15) is 6.17 Å². The van der Waals surface area contributed by atoms with Crippen molar-refractivity contribution in [3.05, 3.63) is 0 Å². The van der Waals surface area contributed by atoms with Crippen molar-refractivity contribution in [2.45, 2.75) is 43.1 Å². The van der Waals surface area contributed by atoms with Crippen molar-refractivity contribution in [1.29, 1.82) is 0 Å². The van der Waals surface area contributed by atoms with Gasteiger partial charge in [0.15, 0.2) is 4.34 Å². The van der Waals surface area contributed by atoms with E-state index in [0.29, 0.717) is 11.7 Å². The number of rotatable bonds is 8. The van der Waals surface area contributed by atoms with Crippen LogP contribution in [0.1, 0.15) is 32.6 Å². The molecule has 2 aliphatic heterocycles. The minimum Gasteiger partial charge on any atom is -0.379 e. The van der Waals surface area contributed by atoms with Crippen LogP contribution in [0.5, 0.6) is 0 Å². The van der Waals surface area contributed by atoms with Gasteiger partial charge in [-0.3, -0.25) is 4.90 Å². The minimum absolute atomic E-state index is 0.00661. The van der Waals surface area contributed by atoms with E-state index < -0.39 is 0 Å². The second-order valence-corrected chi connectivity index (χ2v) is 8.72. The molecule has 3 heterocycles. The maximum absolute atomic E-state index is 12.6. The maximum Gasteiger partial charge on any atom is 0.327 e. The Morgan fingerprint density at radius 2 is 2.04 bits per heavy atom. The monoisotopic (exact) mass is 385 g/mol. The molecule has 1 aromatic rings. The number of unbranched alkanes of at least 4 members (excludes halogenated alkanes) is 3. The number of morpholine rings is 1.